The maximum atomic E-state index is 13.6. The van der Waals surface area contributed by atoms with E-state index in [1.807, 2.05) is 0 Å². The highest BCUT2D eigenvalue weighted by Crippen LogP contribution is 2.31. The molecule has 0 aliphatic carbocycles. The molecule has 1 amide bonds. The summed E-state index contributed by atoms with van der Waals surface area (Å²) < 4.78 is 56.5. The van der Waals surface area contributed by atoms with Crippen molar-refractivity contribution in [2.45, 2.75) is 96.7 Å². The molecule has 1 atom stereocenters. The number of carbonyl (C=O) groups excluding carboxylic acids is 2. The lowest BCUT2D eigenvalue weighted by Crippen LogP contribution is -2.39. The van der Waals surface area contributed by atoms with E-state index in [4.69, 9.17) is 4.74 Å². The molecule has 0 aromatic heterocycles. The van der Waals surface area contributed by atoms with Crippen molar-refractivity contribution < 1.29 is 31.9 Å². The van der Waals surface area contributed by atoms with Gasteiger partial charge in [0.15, 0.2) is 0 Å². The van der Waals surface area contributed by atoms with Crippen LogP contribution in [0.4, 0.5) is 17.6 Å². The van der Waals surface area contributed by atoms with Crippen LogP contribution < -0.4 is 5.32 Å². The van der Waals surface area contributed by atoms with Crippen molar-refractivity contribution in [3.8, 4) is 0 Å². The van der Waals surface area contributed by atoms with Gasteiger partial charge < -0.3 is 10.1 Å². The molecule has 1 aromatic carbocycles. The molecule has 8 heteroatoms. The van der Waals surface area contributed by atoms with Crippen LogP contribution in [0, 0.1) is 5.82 Å². The molecule has 0 saturated carbocycles. The zero-order chi connectivity index (χ0) is 24.0. The van der Waals surface area contributed by atoms with Crippen molar-refractivity contribution in [2.75, 3.05) is 6.61 Å². The first kappa shape index (κ1) is 27.9. The van der Waals surface area contributed by atoms with Crippen molar-refractivity contribution in [3.63, 3.8) is 0 Å². The summed E-state index contributed by atoms with van der Waals surface area (Å²) in [6.45, 7) is 3.85. The van der Waals surface area contributed by atoms with Crippen LogP contribution in [0.2, 0.25) is 0 Å². The smallest absolute Gasteiger partial charge is 0.419 e. The van der Waals surface area contributed by atoms with Gasteiger partial charge in [-0.1, -0.05) is 71.1 Å². The molecule has 0 radical (unpaired) electrons. The minimum absolute atomic E-state index is 0.241. The summed E-state index contributed by atoms with van der Waals surface area (Å²) in [5.41, 5.74) is -1.76. The second-order valence-electron chi connectivity index (χ2n) is 8.09. The molecular formula is C24H35F4NO3. The number of unbranched alkanes of at least 4 members (excludes halogenated alkanes) is 10. The predicted molar refractivity (Wildman–Crippen MR) is 116 cm³/mol. The highest BCUT2D eigenvalue weighted by molar-refractivity contribution is 5.96. The SMILES string of the molecule is CCCCCCCCCCCCCOC(=O)C(C)NC(=O)c1ccc(C(F)(F)F)c(F)c1. The van der Waals surface area contributed by atoms with Gasteiger partial charge in [0.2, 0.25) is 0 Å². The van der Waals surface area contributed by atoms with Gasteiger partial charge in [0, 0.05) is 5.56 Å². The van der Waals surface area contributed by atoms with Gasteiger partial charge in [-0.05, 0) is 31.5 Å². The normalized spacial score (nSPS) is 12.4. The Kier molecular flexibility index (Phi) is 13.0. The monoisotopic (exact) mass is 461 g/mol. The van der Waals surface area contributed by atoms with Crippen LogP contribution in [0.15, 0.2) is 18.2 Å². The standard InChI is InChI=1S/C24H35F4NO3/c1-3-4-5-6-7-8-9-10-11-12-13-16-32-23(31)18(2)29-22(30)19-14-15-20(21(25)17-19)24(26,27)28/h14-15,17-18H,3-13,16H2,1-2H3,(H,29,30). The minimum Gasteiger partial charge on any atom is -0.464 e. The largest absolute Gasteiger partial charge is 0.464 e. The number of ether oxygens (including phenoxy) is 1. The Bertz CT molecular complexity index is 707. The van der Waals surface area contributed by atoms with Crippen molar-refractivity contribution in [3.05, 3.63) is 35.1 Å². The van der Waals surface area contributed by atoms with E-state index in [1.54, 1.807) is 0 Å². The Morgan fingerprint density at radius 3 is 1.97 bits per heavy atom. The number of hydrogen-bond donors (Lipinski definition) is 1. The number of benzene rings is 1. The third kappa shape index (κ3) is 11.0. The van der Waals surface area contributed by atoms with E-state index in [2.05, 4.69) is 12.2 Å². The molecule has 1 unspecified atom stereocenters. The van der Waals surface area contributed by atoms with Crippen LogP contribution in [0.5, 0.6) is 0 Å². The highest BCUT2D eigenvalue weighted by Gasteiger charge is 2.34. The molecule has 1 aromatic rings. The van der Waals surface area contributed by atoms with Crippen LogP contribution >= 0.6 is 0 Å². The van der Waals surface area contributed by atoms with Crippen LogP contribution in [0.3, 0.4) is 0 Å². The molecule has 182 valence electrons. The maximum absolute atomic E-state index is 13.6. The molecule has 4 nitrogen and oxygen atoms in total. The van der Waals surface area contributed by atoms with E-state index in [0.29, 0.717) is 12.1 Å². The number of nitrogens with one attached hydrogen (secondary N) is 1. The number of hydrogen-bond acceptors (Lipinski definition) is 3. The zero-order valence-corrected chi connectivity index (χ0v) is 19.0. The average Bonchev–Trinajstić information content (AvgIpc) is 2.73. The van der Waals surface area contributed by atoms with Crippen molar-refractivity contribution in [1.82, 2.24) is 5.32 Å². The van der Waals surface area contributed by atoms with Gasteiger partial charge in [0.1, 0.15) is 11.9 Å². The summed E-state index contributed by atoms with van der Waals surface area (Å²) in [4.78, 5) is 24.1. The van der Waals surface area contributed by atoms with Crippen molar-refractivity contribution >= 4 is 11.9 Å². The number of esters is 1. The van der Waals surface area contributed by atoms with Gasteiger partial charge in [-0.3, -0.25) is 4.79 Å². The van der Waals surface area contributed by atoms with Gasteiger partial charge in [-0.2, -0.15) is 13.2 Å². The quantitative estimate of drug-likeness (QED) is 0.177. The molecule has 32 heavy (non-hydrogen) atoms. The molecule has 0 fully saturated rings. The molecule has 0 heterocycles. The van der Waals surface area contributed by atoms with E-state index in [-0.39, 0.29) is 12.2 Å². The van der Waals surface area contributed by atoms with Crippen molar-refractivity contribution in [1.29, 1.82) is 0 Å². The average molecular weight is 462 g/mol. The van der Waals surface area contributed by atoms with Crippen LogP contribution in [0.25, 0.3) is 0 Å². The Morgan fingerprint density at radius 1 is 0.938 bits per heavy atom. The predicted octanol–water partition coefficient (Wildman–Crippen LogP) is 6.82. The molecule has 0 spiro atoms. The van der Waals surface area contributed by atoms with E-state index < -0.39 is 35.5 Å². The van der Waals surface area contributed by atoms with Crippen LogP contribution in [-0.4, -0.2) is 24.5 Å². The molecule has 1 N–H and O–H groups in total. The summed E-state index contributed by atoms with van der Waals surface area (Å²) in [7, 11) is 0. The van der Waals surface area contributed by atoms with E-state index >= 15 is 0 Å². The number of halogens is 4. The Hall–Kier alpha value is -2.12. The molecular weight excluding hydrogens is 426 g/mol. The second kappa shape index (κ2) is 14.9. The first-order valence-electron chi connectivity index (χ1n) is 11.5. The topological polar surface area (TPSA) is 55.4 Å². The minimum atomic E-state index is -4.84. The van der Waals surface area contributed by atoms with Crippen molar-refractivity contribution in [2.24, 2.45) is 0 Å². The maximum Gasteiger partial charge on any atom is 0.419 e. The second-order valence-corrected chi connectivity index (χ2v) is 8.09. The third-order valence-electron chi connectivity index (χ3n) is 5.23. The lowest BCUT2D eigenvalue weighted by atomic mass is 10.1. The summed E-state index contributed by atoms with van der Waals surface area (Å²) in [5, 5.41) is 2.31. The molecule has 0 aliphatic rings. The van der Waals surface area contributed by atoms with Gasteiger partial charge in [-0.25, -0.2) is 9.18 Å². The summed E-state index contributed by atoms with van der Waals surface area (Å²) in [5.74, 6) is -3.04. The fourth-order valence-electron chi connectivity index (χ4n) is 3.29. The molecule has 0 saturated heterocycles. The van der Waals surface area contributed by atoms with Crippen LogP contribution in [0.1, 0.15) is 100 Å². The highest BCUT2D eigenvalue weighted by atomic mass is 19.4. The lowest BCUT2D eigenvalue weighted by molar-refractivity contribution is -0.145. The van der Waals surface area contributed by atoms with Gasteiger partial charge in [0.05, 0.1) is 12.2 Å². The summed E-state index contributed by atoms with van der Waals surface area (Å²) in [6.07, 6.45) is 8.07. The number of rotatable bonds is 15. The summed E-state index contributed by atoms with van der Waals surface area (Å²) >= 11 is 0. The van der Waals surface area contributed by atoms with Gasteiger partial charge in [-0.15, -0.1) is 0 Å². The number of amides is 1. The Labute approximate surface area is 188 Å². The zero-order valence-electron chi connectivity index (χ0n) is 19.0. The van der Waals surface area contributed by atoms with E-state index in [9.17, 15) is 27.2 Å². The first-order chi connectivity index (χ1) is 15.2. The molecule has 0 bridgehead atoms. The number of carbonyl (C=O) groups is 2. The fourth-order valence-corrected chi connectivity index (χ4v) is 3.29. The fraction of sp³-hybridized carbons (Fsp3) is 0.667. The lowest BCUT2D eigenvalue weighted by Gasteiger charge is -2.14. The van der Waals surface area contributed by atoms with Crippen LogP contribution in [-0.2, 0) is 15.7 Å². The van der Waals surface area contributed by atoms with Gasteiger partial charge >= 0.3 is 12.1 Å². The Balaban J connectivity index is 2.20. The van der Waals surface area contributed by atoms with Gasteiger partial charge in [0.25, 0.3) is 5.91 Å². The number of alkyl halides is 3. The summed E-state index contributed by atoms with van der Waals surface area (Å²) in [6, 6.07) is 0.867. The Morgan fingerprint density at radius 2 is 1.47 bits per heavy atom. The first-order valence-corrected chi connectivity index (χ1v) is 11.5. The van der Waals surface area contributed by atoms with E-state index in [1.165, 1.54) is 51.9 Å². The third-order valence-corrected chi connectivity index (χ3v) is 5.23. The van der Waals surface area contributed by atoms with E-state index in [0.717, 1.165) is 31.7 Å². The molecule has 1 rings (SSSR count). The molecule has 0 aliphatic heterocycles.